The predicted octanol–water partition coefficient (Wildman–Crippen LogP) is 3.98. The van der Waals surface area contributed by atoms with E-state index in [1.54, 1.807) is 4.31 Å². The predicted molar refractivity (Wildman–Crippen MR) is 85.3 cm³/mol. The van der Waals surface area contributed by atoms with Gasteiger partial charge in [0, 0.05) is 19.3 Å². The van der Waals surface area contributed by atoms with Crippen molar-refractivity contribution >= 4 is 33.2 Å². The van der Waals surface area contributed by atoms with Crippen molar-refractivity contribution in [3.05, 3.63) is 22.4 Å². The van der Waals surface area contributed by atoms with Gasteiger partial charge in [0.05, 0.1) is 5.02 Å². The standard InChI is InChI=1S/C14H20Cl2N2O2S/c1-2-4-11-5-3-7-18(8-6-11)21(19,20)12-9-13(15)14(16)17-10-12/h9-11H,2-8H2,1H3. The van der Waals surface area contributed by atoms with E-state index in [2.05, 4.69) is 11.9 Å². The second-order valence-electron chi connectivity index (χ2n) is 5.43. The van der Waals surface area contributed by atoms with Crippen LogP contribution in [0.1, 0.15) is 39.0 Å². The molecule has 4 nitrogen and oxygen atoms in total. The Kier molecular flexibility index (Phi) is 5.88. The first-order chi connectivity index (χ1) is 9.95. The lowest BCUT2D eigenvalue weighted by molar-refractivity contribution is 0.400. The SMILES string of the molecule is CCCC1CCCN(S(=O)(=O)c2cnc(Cl)c(Cl)c2)CC1. The van der Waals surface area contributed by atoms with Gasteiger partial charge in [0.2, 0.25) is 10.0 Å². The van der Waals surface area contributed by atoms with Crippen LogP contribution < -0.4 is 0 Å². The van der Waals surface area contributed by atoms with Gasteiger partial charge in [-0.1, -0.05) is 43.0 Å². The van der Waals surface area contributed by atoms with E-state index in [0.717, 1.165) is 25.7 Å². The van der Waals surface area contributed by atoms with Crippen LogP contribution in [-0.4, -0.2) is 30.8 Å². The highest BCUT2D eigenvalue weighted by atomic mass is 35.5. The Hall–Kier alpha value is -0.360. The Labute approximate surface area is 136 Å². The fourth-order valence-electron chi connectivity index (χ4n) is 2.77. The van der Waals surface area contributed by atoms with Crippen molar-refractivity contribution in [2.75, 3.05) is 13.1 Å². The maximum absolute atomic E-state index is 12.7. The maximum atomic E-state index is 12.7. The number of halogens is 2. The largest absolute Gasteiger partial charge is 0.244 e. The van der Waals surface area contributed by atoms with Crippen molar-refractivity contribution < 1.29 is 8.42 Å². The molecular formula is C14H20Cl2N2O2S. The molecule has 0 aliphatic carbocycles. The van der Waals surface area contributed by atoms with Crippen LogP contribution in [0.3, 0.4) is 0 Å². The molecule has 2 rings (SSSR count). The molecule has 0 bridgehead atoms. The van der Waals surface area contributed by atoms with Crippen LogP contribution in [0.15, 0.2) is 17.2 Å². The van der Waals surface area contributed by atoms with Crippen molar-refractivity contribution in [2.24, 2.45) is 5.92 Å². The molecule has 1 aromatic rings. The van der Waals surface area contributed by atoms with Crippen LogP contribution in [0.5, 0.6) is 0 Å². The summed E-state index contributed by atoms with van der Waals surface area (Å²) in [6.45, 7) is 3.29. The van der Waals surface area contributed by atoms with Crippen molar-refractivity contribution in [2.45, 2.75) is 43.9 Å². The van der Waals surface area contributed by atoms with Crippen molar-refractivity contribution in [3.63, 3.8) is 0 Å². The summed E-state index contributed by atoms with van der Waals surface area (Å²) in [4.78, 5) is 3.95. The quantitative estimate of drug-likeness (QED) is 0.771. The average molecular weight is 351 g/mol. The smallest absolute Gasteiger partial charge is 0.242 e. The fraction of sp³-hybridized carbons (Fsp3) is 0.643. The Morgan fingerprint density at radius 2 is 2.10 bits per heavy atom. The molecule has 1 aromatic heterocycles. The lowest BCUT2D eigenvalue weighted by Gasteiger charge is -2.20. The average Bonchev–Trinajstić information content (AvgIpc) is 2.68. The summed E-state index contributed by atoms with van der Waals surface area (Å²) in [7, 11) is -3.54. The van der Waals surface area contributed by atoms with Gasteiger partial charge in [-0.05, 0) is 31.2 Å². The minimum absolute atomic E-state index is 0.117. The van der Waals surface area contributed by atoms with Gasteiger partial charge in [0.25, 0.3) is 0 Å². The van der Waals surface area contributed by atoms with E-state index in [0.29, 0.717) is 19.0 Å². The number of hydrogen-bond donors (Lipinski definition) is 0. The van der Waals surface area contributed by atoms with Gasteiger partial charge in [-0.2, -0.15) is 4.31 Å². The molecule has 1 atom stereocenters. The second-order valence-corrected chi connectivity index (χ2v) is 8.14. The van der Waals surface area contributed by atoms with Crippen LogP contribution in [-0.2, 0) is 10.0 Å². The van der Waals surface area contributed by atoms with Gasteiger partial charge in [-0.15, -0.1) is 0 Å². The van der Waals surface area contributed by atoms with Crippen LogP contribution in [0.4, 0.5) is 0 Å². The minimum atomic E-state index is -3.54. The maximum Gasteiger partial charge on any atom is 0.244 e. The third-order valence-corrected chi connectivity index (χ3v) is 6.46. The number of hydrogen-bond acceptors (Lipinski definition) is 3. The number of sulfonamides is 1. The first kappa shape index (κ1) is 17.0. The van der Waals surface area contributed by atoms with E-state index in [1.807, 2.05) is 0 Å². The molecule has 118 valence electrons. The summed E-state index contributed by atoms with van der Waals surface area (Å²) >= 11 is 11.6. The van der Waals surface area contributed by atoms with Gasteiger partial charge in [0.1, 0.15) is 10.0 Å². The highest BCUT2D eigenvalue weighted by Crippen LogP contribution is 2.28. The molecule has 0 aromatic carbocycles. The van der Waals surface area contributed by atoms with E-state index in [9.17, 15) is 8.42 Å². The van der Waals surface area contributed by atoms with E-state index < -0.39 is 10.0 Å². The fourth-order valence-corrected chi connectivity index (χ4v) is 4.57. The zero-order valence-corrected chi connectivity index (χ0v) is 14.4. The molecule has 7 heteroatoms. The molecular weight excluding hydrogens is 331 g/mol. The topological polar surface area (TPSA) is 50.3 Å². The highest BCUT2D eigenvalue weighted by molar-refractivity contribution is 7.89. The van der Waals surface area contributed by atoms with E-state index in [-0.39, 0.29) is 15.1 Å². The zero-order chi connectivity index (χ0) is 15.5. The molecule has 21 heavy (non-hydrogen) atoms. The Bertz CT molecular complexity index is 593. The minimum Gasteiger partial charge on any atom is -0.242 e. The lowest BCUT2D eigenvalue weighted by atomic mass is 9.96. The summed E-state index contributed by atoms with van der Waals surface area (Å²) in [6, 6.07) is 1.38. The van der Waals surface area contributed by atoms with Crippen LogP contribution in [0.2, 0.25) is 10.2 Å². The molecule has 0 saturated carbocycles. The molecule has 1 aliphatic heterocycles. The summed E-state index contributed by atoms with van der Waals surface area (Å²) in [5, 5.41) is 0.283. The summed E-state index contributed by atoms with van der Waals surface area (Å²) in [5.74, 6) is 0.627. The number of aromatic nitrogens is 1. The number of rotatable bonds is 4. The summed E-state index contributed by atoms with van der Waals surface area (Å²) in [5.41, 5.74) is 0. The number of nitrogens with zero attached hydrogens (tertiary/aromatic N) is 2. The van der Waals surface area contributed by atoms with Crippen molar-refractivity contribution in [1.82, 2.24) is 9.29 Å². The van der Waals surface area contributed by atoms with E-state index in [1.165, 1.54) is 18.7 Å². The molecule has 1 fully saturated rings. The van der Waals surface area contributed by atoms with Crippen LogP contribution in [0.25, 0.3) is 0 Å². The highest BCUT2D eigenvalue weighted by Gasteiger charge is 2.28. The van der Waals surface area contributed by atoms with Crippen LogP contribution in [0, 0.1) is 5.92 Å². The third kappa shape index (κ3) is 4.09. The normalized spacial score (nSPS) is 21.2. The molecule has 0 spiro atoms. The molecule has 0 amide bonds. The first-order valence-corrected chi connectivity index (χ1v) is 9.46. The van der Waals surface area contributed by atoms with Gasteiger partial charge in [-0.25, -0.2) is 13.4 Å². The molecule has 1 unspecified atom stereocenters. The summed E-state index contributed by atoms with van der Waals surface area (Å²) < 4.78 is 26.9. The second kappa shape index (κ2) is 7.27. The molecule has 0 N–H and O–H groups in total. The van der Waals surface area contributed by atoms with Crippen molar-refractivity contribution in [3.8, 4) is 0 Å². The van der Waals surface area contributed by atoms with Gasteiger partial charge >= 0.3 is 0 Å². The van der Waals surface area contributed by atoms with Crippen LogP contribution >= 0.6 is 23.2 Å². The van der Waals surface area contributed by atoms with E-state index in [4.69, 9.17) is 23.2 Å². The third-order valence-electron chi connectivity index (χ3n) is 3.91. The van der Waals surface area contributed by atoms with Gasteiger partial charge < -0.3 is 0 Å². The molecule has 2 heterocycles. The Morgan fingerprint density at radius 3 is 2.76 bits per heavy atom. The van der Waals surface area contributed by atoms with Crippen molar-refractivity contribution in [1.29, 1.82) is 0 Å². The van der Waals surface area contributed by atoms with Gasteiger partial charge in [-0.3, -0.25) is 0 Å². The van der Waals surface area contributed by atoms with E-state index >= 15 is 0 Å². The first-order valence-electron chi connectivity index (χ1n) is 7.26. The Morgan fingerprint density at radius 1 is 1.33 bits per heavy atom. The molecule has 1 aliphatic rings. The lowest BCUT2D eigenvalue weighted by Crippen LogP contribution is -2.32. The summed E-state index contributed by atoms with van der Waals surface area (Å²) in [6.07, 6.45) is 6.51. The van der Waals surface area contributed by atoms with Gasteiger partial charge in [0.15, 0.2) is 0 Å². The number of pyridine rings is 1. The monoisotopic (exact) mass is 350 g/mol. The molecule has 0 radical (unpaired) electrons. The Balaban J connectivity index is 2.17. The zero-order valence-electron chi connectivity index (χ0n) is 12.1. The molecule has 1 saturated heterocycles.